The van der Waals surface area contributed by atoms with Crippen LogP contribution < -0.4 is 5.32 Å². The van der Waals surface area contributed by atoms with E-state index in [1.54, 1.807) is 51.1 Å². The number of fused-ring (bicyclic) bond motifs is 5. The third kappa shape index (κ3) is 7.24. The van der Waals surface area contributed by atoms with Crippen LogP contribution >= 0.6 is 11.8 Å². The molecule has 1 N–H and O–H groups in total. The molecule has 0 saturated heterocycles. The van der Waals surface area contributed by atoms with Gasteiger partial charge in [-0.05, 0) is 38.8 Å². The number of alkyl halides is 6. The van der Waals surface area contributed by atoms with Crippen molar-refractivity contribution in [1.82, 2.24) is 15.2 Å². The van der Waals surface area contributed by atoms with Crippen molar-refractivity contribution in [3.8, 4) is 11.6 Å². The lowest BCUT2D eigenvalue weighted by atomic mass is 9.97. The number of anilines is 1. The van der Waals surface area contributed by atoms with E-state index < -0.39 is 76.4 Å². The van der Waals surface area contributed by atoms with Crippen molar-refractivity contribution in [2.24, 2.45) is 0 Å². The zero-order valence-corrected chi connectivity index (χ0v) is 23.4. The van der Waals surface area contributed by atoms with Gasteiger partial charge >= 0.3 is 18.4 Å². The summed E-state index contributed by atoms with van der Waals surface area (Å²) >= 11 is 0.734. The van der Waals surface area contributed by atoms with Crippen molar-refractivity contribution in [1.29, 1.82) is 0 Å². The summed E-state index contributed by atoms with van der Waals surface area (Å²) in [6.07, 6.45) is -9.07. The Morgan fingerprint density at radius 3 is 2.43 bits per heavy atom. The molecule has 0 aliphatic carbocycles. The van der Waals surface area contributed by atoms with Crippen LogP contribution in [0.3, 0.4) is 0 Å². The number of pyridine rings is 1. The fourth-order valence-corrected chi connectivity index (χ4v) is 4.80. The van der Waals surface area contributed by atoms with Crippen LogP contribution in [0.25, 0.3) is 11.6 Å². The largest absolute Gasteiger partial charge is 0.444 e. The Labute approximate surface area is 240 Å². The number of nitrogens with zero attached hydrogens (tertiary/aromatic N) is 3. The van der Waals surface area contributed by atoms with Crippen molar-refractivity contribution >= 4 is 23.5 Å². The predicted octanol–water partition coefficient (Wildman–Crippen LogP) is 7.91. The molecule has 1 atom stereocenters. The number of aromatic nitrogens is 3. The maximum absolute atomic E-state index is 14.8. The van der Waals surface area contributed by atoms with Crippen LogP contribution in [0.15, 0.2) is 58.0 Å². The molecular weight excluding hydrogens is 590 g/mol. The summed E-state index contributed by atoms with van der Waals surface area (Å²) in [5.41, 5.74) is -5.85. The van der Waals surface area contributed by atoms with Gasteiger partial charge in [0.15, 0.2) is 5.69 Å². The molecule has 1 aliphatic heterocycles. The highest BCUT2D eigenvalue weighted by molar-refractivity contribution is 7.99. The van der Waals surface area contributed by atoms with Crippen molar-refractivity contribution < 1.29 is 45.0 Å². The number of nitrogens with one attached hydrogen (secondary N) is 1. The summed E-state index contributed by atoms with van der Waals surface area (Å²) in [5.74, 6) is -1.58. The van der Waals surface area contributed by atoms with Gasteiger partial charge in [-0.15, -0.1) is 22.0 Å². The first-order chi connectivity index (χ1) is 19.6. The summed E-state index contributed by atoms with van der Waals surface area (Å²) in [7, 11) is 0. The number of allylic oxidation sites excluding steroid dienone is 1. The zero-order chi connectivity index (χ0) is 30.8. The van der Waals surface area contributed by atoms with Crippen molar-refractivity contribution in [2.45, 2.75) is 68.8 Å². The number of benzene rings is 1. The zero-order valence-electron chi connectivity index (χ0n) is 22.6. The van der Waals surface area contributed by atoms with E-state index in [9.17, 15) is 31.1 Å². The predicted molar refractivity (Wildman–Crippen MR) is 140 cm³/mol. The Bertz CT molecular complexity index is 1440. The fraction of sp³-hybridized carbons (Fsp3) is 0.407. The molecule has 0 fully saturated rings. The topological polar surface area (TPSA) is 99.4 Å². The standard InChI is InChI=1S/C27H26F6N4O4S/c1-24(2,3)41-23(38)34-18-14-17(26(28,29)30)21-35-19(18)20-36-37-22(40-20)25(27(31,32)33,12-8-5-9-13-42-21)39-15-16-10-6-4-7-11-16/h4-8,10-11,14H,9,12-13,15H2,1-3H3,(H,34,38)/t25-/m1/s1. The molecule has 1 aromatic carbocycles. The van der Waals surface area contributed by atoms with Crippen molar-refractivity contribution in [3.63, 3.8) is 0 Å². The monoisotopic (exact) mass is 616 g/mol. The van der Waals surface area contributed by atoms with E-state index in [1.807, 2.05) is 0 Å². The number of amides is 1. The number of hydrogen-bond donors (Lipinski definition) is 1. The minimum absolute atomic E-state index is 0.0586. The highest BCUT2D eigenvalue weighted by Gasteiger charge is 2.61. The summed E-state index contributed by atoms with van der Waals surface area (Å²) in [5, 5.41) is 9.01. The Hall–Kier alpha value is -3.59. The Morgan fingerprint density at radius 1 is 1.07 bits per heavy atom. The molecular formula is C27H26F6N4O4S. The Morgan fingerprint density at radius 2 is 1.79 bits per heavy atom. The smallest absolute Gasteiger partial charge is 0.426 e. The van der Waals surface area contributed by atoms with Crippen LogP contribution in [0.2, 0.25) is 0 Å². The number of carbonyl (C=O) groups is 1. The number of rotatable bonds is 4. The first-order valence-corrected chi connectivity index (χ1v) is 13.6. The lowest BCUT2D eigenvalue weighted by Crippen LogP contribution is -2.45. The summed E-state index contributed by atoms with van der Waals surface area (Å²) in [6, 6.07) is 8.74. The first-order valence-electron chi connectivity index (χ1n) is 12.6. The van der Waals surface area contributed by atoms with Crippen LogP contribution in [0.4, 0.5) is 36.8 Å². The maximum atomic E-state index is 14.8. The van der Waals surface area contributed by atoms with Gasteiger partial charge in [0, 0.05) is 12.2 Å². The summed E-state index contributed by atoms with van der Waals surface area (Å²) < 4.78 is 102. The molecule has 4 bridgehead atoms. The number of hydrogen-bond acceptors (Lipinski definition) is 8. The molecule has 15 heteroatoms. The van der Waals surface area contributed by atoms with Crippen molar-refractivity contribution in [3.05, 3.63) is 65.6 Å². The van der Waals surface area contributed by atoms with Crippen LogP contribution in [0, 0.1) is 0 Å². The number of ether oxygens (including phenoxy) is 2. The van der Waals surface area contributed by atoms with E-state index in [2.05, 4.69) is 20.5 Å². The summed E-state index contributed by atoms with van der Waals surface area (Å²) in [6.45, 7) is 4.16. The molecule has 226 valence electrons. The Kier molecular flexibility index (Phi) is 8.92. The van der Waals surface area contributed by atoms with Gasteiger partial charge < -0.3 is 13.9 Å². The lowest BCUT2D eigenvalue weighted by molar-refractivity contribution is -0.295. The van der Waals surface area contributed by atoms with E-state index in [0.29, 0.717) is 11.6 Å². The second-order valence-corrected chi connectivity index (χ2v) is 11.3. The van der Waals surface area contributed by atoms with Gasteiger partial charge in [-0.3, -0.25) is 5.32 Å². The molecule has 0 unspecified atom stereocenters. The molecule has 42 heavy (non-hydrogen) atoms. The van der Waals surface area contributed by atoms with Gasteiger partial charge in [0.1, 0.15) is 10.6 Å². The lowest BCUT2D eigenvalue weighted by Gasteiger charge is -2.31. The average molecular weight is 617 g/mol. The highest BCUT2D eigenvalue weighted by atomic mass is 32.2. The van der Waals surface area contributed by atoms with Crippen LogP contribution in [0.1, 0.15) is 50.6 Å². The average Bonchev–Trinajstić information content (AvgIpc) is 3.36. The van der Waals surface area contributed by atoms with Gasteiger partial charge in [-0.1, -0.05) is 42.5 Å². The van der Waals surface area contributed by atoms with Crippen molar-refractivity contribution in [2.75, 3.05) is 11.1 Å². The van der Waals surface area contributed by atoms with Gasteiger partial charge in [0.25, 0.3) is 11.8 Å². The Balaban J connectivity index is 1.87. The molecule has 0 radical (unpaired) electrons. The van der Waals surface area contributed by atoms with Gasteiger partial charge in [0.05, 0.1) is 17.9 Å². The maximum Gasteiger partial charge on any atom is 0.426 e. The molecule has 8 nitrogen and oxygen atoms in total. The second kappa shape index (κ2) is 12.0. The van der Waals surface area contributed by atoms with Crippen LogP contribution in [0.5, 0.6) is 0 Å². The SMILES string of the molecule is CC(C)(C)OC(=O)Nc1cc(C(F)(F)F)c2nc1-c1nnc(o1)[C@@](OCc1ccccc1)(C(F)(F)F)CC=CCCS2. The molecule has 2 aromatic heterocycles. The normalized spacial score (nSPS) is 18.0. The molecule has 3 aromatic rings. The molecule has 4 rings (SSSR count). The summed E-state index contributed by atoms with van der Waals surface area (Å²) in [4.78, 5) is 16.5. The first kappa shape index (κ1) is 31.3. The molecule has 0 spiro atoms. The number of carbonyl (C=O) groups excluding carboxylic acids is 1. The van der Waals surface area contributed by atoms with E-state index >= 15 is 0 Å². The number of thioether (sulfide) groups is 1. The highest BCUT2D eigenvalue weighted by Crippen LogP contribution is 2.47. The number of halogens is 6. The molecule has 1 amide bonds. The second-order valence-electron chi connectivity index (χ2n) is 10.2. The molecule has 3 heterocycles. The fourth-order valence-electron chi connectivity index (χ4n) is 3.86. The van der Waals surface area contributed by atoms with E-state index in [0.717, 1.165) is 11.8 Å². The minimum atomic E-state index is -5.05. The van der Waals surface area contributed by atoms with Crippen LogP contribution in [-0.4, -0.2) is 38.8 Å². The van der Waals surface area contributed by atoms with E-state index in [4.69, 9.17) is 13.9 Å². The van der Waals surface area contributed by atoms with Gasteiger partial charge in [-0.2, -0.15) is 26.3 Å². The van der Waals surface area contributed by atoms with Gasteiger partial charge in [0.2, 0.25) is 5.60 Å². The third-order valence-corrected chi connectivity index (χ3v) is 6.81. The van der Waals surface area contributed by atoms with E-state index in [-0.39, 0.29) is 12.2 Å². The van der Waals surface area contributed by atoms with E-state index in [1.165, 1.54) is 12.2 Å². The minimum Gasteiger partial charge on any atom is -0.444 e. The third-order valence-electron chi connectivity index (χ3n) is 5.78. The quantitative estimate of drug-likeness (QED) is 0.233. The molecule has 0 saturated carbocycles. The molecule has 1 aliphatic rings. The van der Waals surface area contributed by atoms with Gasteiger partial charge in [-0.25, -0.2) is 9.78 Å². The van der Waals surface area contributed by atoms with Crippen LogP contribution in [-0.2, 0) is 27.9 Å².